The third-order valence-corrected chi connectivity index (χ3v) is 8.40. The maximum atomic E-state index is 13.4. The van der Waals surface area contributed by atoms with Crippen LogP contribution in [-0.4, -0.2) is 40.2 Å². The van der Waals surface area contributed by atoms with E-state index in [0.29, 0.717) is 37.4 Å². The first kappa shape index (κ1) is 23.0. The van der Waals surface area contributed by atoms with Crippen molar-refractivity contribution < 1.29 is 14.7 Å². The zero-order chi connectivity index (χ0) is 24.7. The van der Waals surface area contributed by atoms with Crippen molar-refractivity contribution in [3.8, 4) is 11.3 Å². The van der Waals surface area contributed by atoms with Gasteiger partial charge in [0.1, 0.15) is 5.54 Å². The van der Waals surface area contributed by atoms with E-state index < -0.39 is 11.5 Å². The molecule has 1 aliphatic carbocycles. The number of piperidine rings is 1. The average molecular weight is 484 g/mol. The molecule has 0 radical (unpaired) electrons. The highest BCUT2D eigenvalue weighted by Gasteiger charge is 2.41. The molecule has 3 N–H and O–H groups in total. The van der Waals surface area contributed by atoms with Crippen LogP contribution in [0.5, 0.6) is 0 Å². The van der Waals surface area contributed by atoms with Gasteiger partial charge in [-0.05, 0) is 68.0 Å². The van der Waals surface area contributed by atoms with Crippen LogP contribution >= 0.6 is 0 Å². The molecule has 0 unspecified atom stereocenters. The van der Waals surface area contributed by atoms with Gasteiger partial charge < -0.3 is 20.3 Å². The summed E-state index contributed by atoms with van der Waals surface area (Å²) in [7, 11) is 0. The van der Waals surface area contributed by atoms with Gasteiger partial charge >= 0.3 is 5.97 Å². The molecular formula is C30H33N3O3. The molecule has 3 aliphatic rings. The van der Waals surface area contributed by atoms with Crippen molar-refractivity contribution in [3.63, 3.8) is 0 Å². The van der Waals surface area contributed by atoms with Gasteiger partial charge in [0, 0.05) is 28.6 Å². The molecule has 2 aliphatic heterocycles. The van der Waals surface area contributed by atoms with Crippen LogP contribution in [0, 0.1) is 0 Å². The summed E-state index contributed by atoms with van der Waals surface area (Å²) >= 11 is 0. The number of aromatic nitrogens is 1. The highest BCUT2D eigenvalue weighted by molar-refractivity contribution is 6.03. The summed E-state index contributed by atoms with van der Waals surface area (Å²) < 4.78 is 2.36. The van der Waals surface area contributed by atoms with Gasteiger partial charge in [-0.2, -0.15) is 0 Å². The van der Waals surface area contributed by atoms with E-state index in [1.165, 1.54) is 59.9 Å². The first-order valence-corrected chi connectivity index (χ1v) is 13.3. The molecule has 0 spiro atoms. The predicted molar refractivity (Wildman–Crippen MR) is 142 cm³/mol. The number of hydrogen-bond acceptors (Lipinski definition) is 3. The first-order chi connectivity index (χ1) is 17.6. The van der Waals surface area contributed by atoms with E-state index in [4.69, 9.17) is 0 Å². The van der Waals surface area contributed by atoms with Gasteiger partial charge in [-0.1, -0.05) is 61.7 Å². The molecule has 6 heteroatoms. The van der Waals surface area contributed by atoms with E-state index in [2.05, 4.69) is 57.7 Å². The molecule has 1 saturated heterocycles. The normalized spacial score (nSPS) is 19.3. The molecule has 6 nitrogen and oxygen atoms in total. The fraction of sp³-hybridized carbons (Fsp3) is 0.400. The van der Waals surface area contributed by atoms with Crippen molar-refractivity contribution >= 4 is 28.9 Å². The number of carbonyl (C=O) groups excluding carboxylic acids is 1. The Morgan fingerprint density at radius 2 is 1.81 bits per heavy atom. The van der Waals surface area contributed by atoms with E-state index in [0.717, 1.165) is 12.1 Å². The Morgan fingerprint density at radius 3 is 2.58 bits per heavy atom. The second-order valence-electron chi connectivity index (χ2n) is 10.5. The highest BCUT2D eigenvalue weighted by atomic mass is 16.4. The molecule has 36 heavy (non-hydrogen) atoms. The Balaban J connectivity index is 1.48. The molecular weight excluding hydrogens is 450 g/mol. The third kappa shape index (κ3) is 3.84. The molecule has 1 aromatic heterocycles. The van der Waals surface area contributed by atoms with Gasteiger partial charge in [0.15, 0.2) is 0 Å². The molecule has 6 rings (SSSR count). The number of carboxylic acids is 1. The number of amides is 1. The SMILES string of the molecule is O=C(NC1(C(=O)O)CCNCC1)c1ccc2c(C3CCCCC3)c3n(c2c1)CC=Cc1ccccc1-3. The Morgan fingerprint density at radius 1 is 1.03 bits per heavy atom. The van der Waals surface area contributed by atoms with Crippen molar-refractivity contribution in [3.05, 3.63) is 65.2 Å². The second-order valence-corrected chi connectivity index (χ2v) is 10.5. The van der Waals surface area contributed by atoms with Crippen LogP contribution in [0.15, 0.2) is 48.5 Å². The summed E-state index contributed by atoms with van der Waals surface area (Å²) in [4.78, 5) is 25.5. The predicted octanol–water partition coefficient (Wildman–Crippen LogP) is 5.32. The van der Waals surface area contributed by atoms with Crippen LogP contribution in [0.4, 0.5) is 0 Å². The number of aliphatic carboxylic acids is 1. The van der Waals surface area contributed by atoms with Gasteiger partial charge in [-0.15, -0.1) is 0 Å². The molecule has 0 atom stereocenters. The third-order valence-electron chi connectivity index (χ3n) is 8.40. The number of benzene rings is 2. The zero-order valence-electron chi connectivity index (χ0n) is 20.6. The monoisotopic (exact) mass is 483 g/mol. The molecule has 0 bridgehead atoms. The molecule has 1 amide bonds. The topological polar surface area (TPSA) is 83.4 Å². The number of fused-ring (bicyclic) bond motifs is 5. The molecule has 2 fully saturated rings. The van der Waals surface area contributed by atoms with Crippen LogP contribution in [0.2, 0.25) is 0 Å². The first-order valence-electron chi connectivity index (χ1n) is 13.3. The molecule has 3 heterocycles. The fourth-order valence-corrected chi connectivity index (χ4v) is 6.48. The van der Waals surface area contributed by atoms with Crippen molar-refractivity contribution in [2.75, 3.05) is 13.1 Å². The summed E-state index contributed by atoms with van der Waals surface area (Å²) in [5, 5.41) is 17.2. The van der Waals surface area contributed by atoms with Crippen molar-refractivity contribution in [2.24, 2.45) is 0 Å². The number of carboxylic acid groups (broad SMARTS) is 1. The molecule has 1 saturated carbocycles. The van der Waals surface area contributed by atoms with Gasteiger partial charge in [0.25, 0.3) is 5.91 Å². The Hall–Kier alpha value is -3.38. The van der Waals surface area contributed by atoms with Crippen molar-refractivity contribution in [1.29, 1.82) is 0 Å². The van der Waals surface area contributed by atoms with Crippen LogP contribution in [0.1, 0.15) is 72.3 Å². The van der Waals surface area contributed by atoms with Gasteiger partial charge in [0.2, 0.25) is 0 Å². The minimum atomic E-state index is -1.22. The van der Waals surface area contributed by atoms with E-state index >= 15 is 0 Å². The summed E-state index contributed by atoms with van der Waals surface area (Å²) in [5.41, 5.74) is 5.50. The second kappa shape index (κ2) is 9.25. The Labute approximate surface area is 211 Å². The number of rotatable bonds is 4. The summed E-state index contributed by atoms with van der Waals surface area (Å²) in [6.07, 6.45) is 11.3. The minimum Gasteiger partial charge on any atom is -0.480 e. The number of nitrogens with one attached hydrogen (secondary N) is 2. The Kier molecular flexibility index (Phi) is 5.92. The summed E-state index contributed by atoms with van der Waals surface area (Å²) in [6.45, 7) is 1.89. The van der Waals surface area contributed by atoms with E-state index in [1.54, 1.807) is 0 Å². The standard InChI is InChI=1S/C30H33N3O3/c34-28(32-30(29(35)36)14-16-31-17-15-30)22-12-13-24-25(19-22)33-18-6-10-20-7-4-5-11-23(20)27(33)26(24)21-8-2-1-3-9-21/h4-7,10-13,19,21,31H,1-3,8-9,14-18H2,(H,32,34)(H,35,36). The lowest BCUT2D eigenvalue weighted by Gasteiger charge is -2.34. The van der Waals surface area contributed by atoms with Gasteiger partial charge in [-0.25, -0.2) is 4.79 Å². The average Bonchev–Trinajstić information content (AvgIpc) is 3.10. The lowest BCUT2D eigenvalue weighted by atomic mass is 9.81. The smallest absolute Gasteiger partial charge is 0.329 e. The zero-order valence-corrected chi connectivity index (χ0v) is 20.6. The van der Waals surface area contributed by atoms with Crippen molar-refractivity contribution in [2.45, 2.75) is 62.9 Å². The molecule has 2 aromatic carbocycles. The van der Waals surface area contributed by atoms with Crippen LogP contribution in [0.3, 0.4) is 0 Å². The Bertz CT molecular complexity index is 1360. The quantitative estimate of drug-likeness (QED) is 0.469. The largest absolute Gasteiger partial charge is 0.480 e. The number of hydrogen-bond donors (Lipinski definition) is 3. The fourth-order valence-electron chi connectivity index (χ4n) is 6.48. The van der Waals surface area contributed by atoms with Gasteiger partial charge in [-0.3, -0.25) is 4.79 Å². The van der Waals surface area contributed by atoms with E-state index in [1.807, 2.05) is 12.1 Å². The molecule has 3 aromatic rings. The summed E-state index contributed by atoms with van der Waals surface area (Å²) in [6, 6.07) is 14.5. The number of carbonyl (C=O) groups is 2. The van der Waals surface area contributed by atoms with Crippen molar-refractivity contribution in [1.82, 2.24) is 15.2 Å². The lowest BCUT2D eigenvalue weighted by Crippen LogP contribution is -2.59. The van der Waals surface area contributed by atoms with E-state index in [-0.39, 0.29) is 5.91 Å². The summed E-state index contributed by atoms with van der Waals surface area (Å²) in [5.74, 6) is -0.773. The minimum absolute atomic E-state index is 0.319. The van der Waals surface area contributed by atoms with Gasteiger partial charge in [0.05, 0.1) is 5.69 Å². The maximum Gasteiger partial charge on any atom is 0.329 e. The lowest BCUT2D eigenvalue weighted by molar-refractivity contribution is -0.145. The number of nitrogens with zero attached hydrogens (tertiary/aromatic N) is 1. The molecule has 186 valence electrons. The highest BCUT2D eigenvalue weighted by Crippen LogP contribution is 2.45. The van der Waals surface area contributed by atoms with Crippen LogP contribution < -0.4 is 10.6 Å². The number of allylic oxidation sites excluding steroid dienone is 1. The van der Waals surface area contributed by atoms with Crippen LogP contribution in [-0.2, 0) is 11.3 Å². The van der Waals surface area contributed by atoms with Crippen LogP contribution in [0.25, 0.3) is 28.2 Å². The maximum absolute atomic E-state index is 13.4. The van der Waals surface area contributed by atoms with E-state index in [9.17, 15) is 14.7 Å².